The number of ether oxygens (including phenoxy) is 1. The molecule has 0 aromatic heterocycles. The van der Waals surface area contributed by atoms with Crippen molar-refractivity contribution in [3.63, 3.8) is 0 Å². The Kier molecular flexibility index (Phi) is 3.87. The number of rotatable bonds is 3. The minimum atomic E-state index is -0.430. The number of fused-ring (bicyclic) bond motifs is 1. The number of ketones is 1. The summed E-state index contributed by atoms with van der Waals surface area (Å²) in [6.45, 7) is 4.49. The van der Waals surface area contributed by atoms with Gasteiger partial charge in [-0.25, -0.2) is 0 Å². The molecule has 3 rings (SSSR count). The summed E-state index contributed by atoms with van der Waals surface area (Å²) in [5.41, 5.74) is 1.20. The van der Waals surface area contributed by atoms with Crippen LogP contribution in [0.4, 0.5) is 5.69 Å². The number of anilines is 1. The second kappa shape index (κ2) is 5.63. The smallest absolute Gasteiger partial charge is 0.299 e. The molecule has 0 atom stereocenters. The molecule has 2 aliphatic heterocycles. The average molecular weight is 339 g/mol. The summed E-state index contributed by atoms with van der Waals surface area (Å²) in [5.74, 6) is -0.844. The highest BCUT2D eigenvalue weighted by molar-refractivity contribution is 9.10. The number of Topliss-reactive ketones (excluding diaryl/α,β-unsaturated/α-hetero) is 1. The fourth-order valence-electron chi connectivity index (χ4n) is 2.59. The summed E-state index contributed by atoms with van der Waals surface area (Å²) in [4.78, 5) is 27.9. The lowest BCUT2D eigenvalue weighted by molar-refractivity contribution is -0.114. The van der Waals surface area contributed by atoms with Gasteiger partial charge in [-0.2, -0.15) is 0 Å². The Morgan fingerprint density at radius 1 is 1.15 bits per heavy atom. The Morgan fingerprint density at radius 2 is 1.90 bits per heavy atom. The summed E-state index contributed by atoms with van der Waals surface area (Å²) >= 11 is 3.43. The molecule has 2 heterocycles. The minimum absolute atomic E-state index is 0.414. The van der Waals surface area contributed by atoms with Crippen LogP contribution < -0.4 is 4.90 Å². The molecule has 0 aliphatic carbocycles. The highest BCUT2D eigenvalue weighted by Crippen LogP contribution is 2.35. The molecule has 1 saturated heterocycles. The van der Waals surface area contributed by atoms with Gasteiger partial charge in [0.05, 0.1) is 24.5 Å². The van der Waals surface area contributed by atoms with Gasteiger partial charge in [0.25, 0.3) is 11.7 Å². The first kappa shape index (κ1) is 13.7. The third kappa shape index (κ3) is 2.39. The molecule has 1 aromatic rings. The quantitative estimate of drug-likeness (QED) is 0.780. The first-order chi connectivity index (χ1) is 9.68. The highest BCUT2D eigenvalue weighted by Gasteiger charge is 2.37. The lowest BCUT2D eigenvalue weighted by Gasteiger charge is -2.28. The summed E-state index contributed by atoms with van der Waals surface area (Å²) in [7, 11) is 0. The first-order valence-corrected chi connectivity index (χ1v) is 7.42. The molecule has 106 valence electrons. The third-order valence-corrected chi connectivity index (χ3v) is 4.32. The van der Waals surface area contributed by atoms with Crippen molar-refractivity contribution >= 4 is 33.3 Å². The largest absolute Gasteiger partial charge is 0.379 e. The summed E-state index contributed by atoms with van der Waals surface area (Å²) in [6, 6.07) is 5.33. The van der Waals surface area contributed by atoms with Crippen molar-refractivity contribution in [3.05, 3.63) is 28.2 Å². The monoisotopic (exact) mass is 338 g/mol. The van der Waals surface area contributed by atoms with Gasteiger partial charge >= 0.3 is 0 Å². The van der Waals surface area contributed by atoms with Crippen LogP contribution in [0.25, 0.3) is 0 Å². The van der Waals surface area contributed by atoms with Gasteiger partial charge in [-0.3, -0.25) is 14.5 Å². The van der Waals surface area contributed by atoms with E-state index in [-0.39, 0.29) is 0 Å². The van der Waals surface area contributed by atoms with Gasteiger partial charge in [0.1, 0.15) is 0 Å². The number of hydrogen-bond acceptors (Lipinski definition) is 4. The van der Waals surface area contributed by atoms with E-state index >= 15 is 0 Å². The van der Waals surface area contributed by atoms with Crippen molar-refractivity contribution in [3.8, 4) is 0 Å². The third-order valence-electron chi connectivity index (χ3n) is 3.68. The highest BCUT2D eigenvalue weighted by atomic mass is 79.9. The Balaban J connectivity index is 1.77. The molecule has 0 spiro atoms. The topological polar surface area (TPSA) is 49.9 Å². The molecule has 0 N–H and O–H groups in total. The number of halogens is 1. The minimum Gasteiger partial charge on any atom is -0.379 e. The zero-order valence-corrected chi connectivity index (χ0v) is 12.6. The van der Waals surface area contributed by atoms with Crippen LogP contribution in [-0.2, 0) is 9.53 Å². The second-order valence-electron chi connectivity index (χ2n) is 4.88. The van der Waals surface area contributed by atoms with Crippen molar-refractivity contribution in [2.45, 2.75) is 0 Å². The van der Waals surface area contributed by atoms with Crippen LogP contribution in [0.3, 0.4) is 0 Å². The number of hydrogen-bond donors (Lipinski definition) is 0. The van der Waals surface area contributed by atoms with Gasteiger partial charge < -0.3 is 9.64 Å². The van der Waals surface area contributed by atoms with Gasteiger partial charge in [0, 0.05) is 30.7 Å². The lowest BCUT2D eigenvalue weighted by Crippen LogP contribution is -2.42. The molecule has 20 heavy (non-hydrogen) atoms. The van der Waals surface area contributed by atoms with Gasteiger partial charge in [0.2, 0.25) is 0 Å². The molecule has 6 heteroatoms. The van der Waals surface area contributed by atoms with Crippen LogP contribution in [0.5, 0.6) is 0 Å². The number of benzene rings is 1. The normalized spacial score (nSPS) is 19.6. The number of morpholine rings is 1. The van der Waals surface area contributed by atoms with E-state index in [1.54, 1.807) is 17.0 Å². The Hall–Kier alpha value is -1.24. The molecule has 0 unspecified atom stereocenters. The SMILES string of the molecule is O=C1C(=O)N(CCN2CCOCC2)c2c(Br)cccc21. The predicted molar refractivity (Wildman–Crippen MR) is 78.1 cm³/mol. The first-order valence-electron chi connectivity index (χ1n) is 6.63. The van der Waals surface area contributed by atoms with Crippen LogP contribution in [0, 0.1) is 0 Å². The van der Waals surface area contributed by atoms with Crippen molar-refractivity contribution < 1.29 is 14.3 Å². The number of para-hydroxylation sites is 1. The molecule has 0 radical (unpaired) electrons. The van der Waals surface area contributed by atoms with E-state index in [1.165, 1.54) is 0 Å². The van der Waals surface area contributed by atoms with Crippen molar-refractivity contribution in [2.75, 3.05) is 44.3 Å². The van der Waals surface area contributed by atoms with Crippen LogP contribution in [-0.4, -0.2) is 56.0 Å². The Bertz CT molecular complexity index is 555. The molecular formula is C14H15BrN2O3. The number of amides is 1. The summed E-state index contributed by atoms with van der Waals surface area (Å²) < 4.78 is 6.09. The zero-order valence-electron chi connectivity index (χ0n) is 11.0. The van der Waals surface area contributed by atoms with Crippen molar-refractivity contribution in [1.82, 2.24) is 4.90 Å². The molecule has 2 aliphatic rings. The van der Waals surface area contributed by atoms with Crippen LogP contribution in [0.2, 0.25) is 0 Å². The number of nitrogens with zero attached hydrogens (tertiary/aromatic N) is 2. The van der Waals surface area contributed by atoms with E-state index in [0.29, 0.717) is 17.8 Å². The van der Waals surface area contributed by atoms with Crippen LogP contribution in [0.1, 0.15) is 10.4 Å². The lowest BCUT2D eigenvalue weighted by atomic mass is 10.1. The maximum Gasteiger partial charge on any atom is 0.299 e. The van der Waals surface area contributed by atoms with Crippen LogP contribution in [0.15, 0.2) is 22.7 Å². The molecule has 0 saturated carbocycles. The molecule has 0 bridgehead atoms. The standard InChI is InChI=1S/C14H15BrN2O3/c15-11-3-1-2-10-12(11)17(14(19)13(10)18)5-4-16-6-8-20-9-7-16/h1-3H,4-9H2. The van der Waals surface area contributed by atoms with E-state index in [4.69, 9.17) is 4.74 Å². The summed E-state index contributed by atoms with van der Waals surface area (Å²) in [5, 5.41) is 0. The fraction of sp³-hybridized carbons (Fsp3) is 0.429. The van der Waals surface area contributed by atoms with E-state index < -0.39 is 11.7 Å². The zero-order chi connectivity index (χ0) is 14.1. The van der Waals surface area contributed by atoms with Crippen molar-refractivity contribution in [2.24, 2.45) is 0 Å². The maximum atomic E-state index is 12.1. The van der Waals surface area contributed by atoms with E-state index in [0.717, 1.165) is 37.3 Å². The molecular weight excluding hydrogens is 324 g/mol. The second-order valence-corrected chi connectivity index (χ2v) is 5.73. The molecule has 5 nitrogen and oxygen atoms in total. The van der Waals surface area contributed by atoms with Gasteiger partial charge in [-0.05, 0) is 28.1 Å². The number of carbonyl (C=O) groups excluding carboxylic acids is 2. The van der Waals surface area contributed by atoms with Gasteiger partial charge in [-0.1, -0.05) is 6.07 Å². The molecule has 1 aromatic carbocycles. The maximum absolute atomic E-state index is 12.1. The molecule has 1 amide bonds. The Labute approximate surface area is 125 Å². The fourth-order valence-corrected chi connectivity index (χ4v) is 3.17. The molecule has 1 fully saturated rings. The Morgan fingerprint density at radius 3 is 2.65 bits per heavy atom. The van der Waals surface area contributed by atoms with Gasteiger partial charge in [0.15, 0.2) is 0 Å². The van der Waals surface area contributed by atoms with Gasteiger partial charge in [-0.15, -0.1) is 0 Å². The number of carbonyl (C=O) groups is 2. The average Bonchev–Trinajstić information content (AvgIpc) is 2.72. The van der Waals surface area contributed by atoms with E-state index in [9.17, 15) is 9.59 Å². The van der Waals surface area contributed by atoms with Crippen LogP contribution >= 0.6 is 15.9 Å². The van der Waals surface area contributed by atoms with E-state index in [1.807, 2.05) is 6.07 Å². The van der Waals surface area contributed by atoms with Crippen molar-refractivity contribution in [1.29, 1.82) is 0 Å². The van der Waals surface area contributed by atoms with E-state index in [2.05, 4.69) is 20.8 Å². The predicted octanol–water partition coefficient (Wildman–Crippen LogP) is 1.31. The summed E-state index contributed by atoms with van der Waals surface area (Å²) in [6.07, 6.45) is 0.